The Kier molecular flexibility index (Phi) is 5.41. The van der Waals surface area contributed by atoms with Crippen LogP contribution in [-0.2, 0) is 4.74 Å². The lowest BCUT2D eigenvalue weighted by Gasteiger charge is -2.30. The first-order valence-corrected chi connectivity index (χ1v) is 6.67. The third-order valence-electron chi connectivity index (χ3n) is 2.93. The van der Waals surface area contributed by atoms with Crippen molar-refractivity contribution in [3.05, 3.63) is 24.3 Å². The highest BCUT2D eigenvalue weighted by molar-refractivity contribution is 5.26. The van der Waals surface area contributed by atoms with E-state index in [2.05, 4.69) is 57.3 Å². The van der Waals surface area contributed by atoms with Crippen molar-refractivity contribution < 1.29 is 4.74 Å². The SMILES string of the molecule is CCCCOCC1(CNC(C)(C)C)C=CC=C1. The molecule has 0 heterocycles. The van der Waals surface area contributed by atoms with Crippen molar-refractivity contribution >= 4 is 0 Å². The zero-order valence-corrected chi connectivity index (χ0v) is 11.8. The average Bonchev–Trinajstić information content (AvgIpc) is 2.71. The van der Waals surface area contributed by atoms with E-state index in [1.54, 1.807) is 0 Å². The Morgan fingerprint density at radius 1 is 1.18 bits per heavy atom. The molecule has 1 aliphatic carbocycles. The van der Waals surface area contributed by atoms with Crippen LogP contribution in [0.15, 0.2) is 24.3 Å². The summed E-state index contributed by atoms with van der Waals surface area (Å²) in [5.74, 6) is 0. The van der Waals surface area contributed by atoms with Crippen LogP contribution in [-0.4, -0.2) is 25.3 Å². The lowest BCUT2D eigenvalue weighted by molar-refractivity contribution is 0.0832. The summed E-state index contributed by atoms with van der Waals surface area (Å²) in [6, 6.07) is 0. The second kappa shape index (κ2) is 6.36. The first-order chi connectivity index (χ1) is 7.97. The van der Waals surface area contributed by atoms with Crippen molar-refractivity contribution in [2.75, 3.05) is 19.8 Å². The van der Waals surface area contributed by atoms with Gasteiger partial charge in [-0.25, -0.2) is 0 Å². The van der Waals surface area contributed by atoms with E-state index in [4.69, 9.17) is 4.74 Å². The monoisotopic (exact) mass is 237 g/mol. The van der Waals surface area contributed by atoms with Crippen LogP contribution in [0.4, 0.5) is 0 Å². The van der Waals surface area contributed by atoms with Gasteiger partial charge in [-0.2, -0.15) is 0 Å². The van der Waals surface area contributed by atoms with E-state index in [0.717, 1.165) is 26.2 Å². The van der Waals surface area contributed by atoms with Gasteiger partial charge in [0.25, 0.3) is 0 Å². The fourth-order valence-electron chi connectivity index (χ4n) is 1.75. The van der Waals surface area contributed by atoms with E-state index >= 15 is 0 Å². The summed E-state index contributed by atoms with van der Waals surface area (Å²) in [4.78, 5) is 0. The lowest BCUT2D eigenvalue weighted by Crippen LogP contribution is -2.44. The third kappa shape index (κ3) is 5.51. The van der Waals surface area contributed by atoms with Gasteiger partial charge in [-0.1, -0.05) is 37.6 Å². The number of hydrogen-bond acceptors (Lipinski definition) is 2. The van der Waals surface area contributed by atoms with Crippen molar-refractivity contribution in [1.82, 2.24) is 5.32 Å². The van der Waals surface area contributed by atoms with Gasteiger partial charge in [0.15, 0.2) is 0 Å². The Balaban J connectivity index is 2.41. The molecule has 1 rings (SSSR count). The molecule has 0 atom stereocenters. The van der Waals surface area contributed by atoms with E-state index in [0.29, 0.717) is 0 Å². The van der Waals surface area contributed by atoms with Crippen molar-refractivity contribution in [2.45, 2.75) is 46.1 Å². The number of rotatable bonds is 7. The molecule has 1 aliphatic rings. The molecule has 0 saturated carbocycles. The molecule has 0 bridgehead atoms. The van der Waals surface area contributed by atoms with E-state index < -0.39 is 0 Å². The number of allylic oxidation sites excluding steroid dienone is 2. The molecule has 1 N–H and O–H groups in total. The fourth-order valence-corrected chi connectivity index (χ4v) is 1.75. The quantitative estimate of drug-likeness (QED) is 0.686. The Labute approximate surface area is 106 Å². The van der Waals surface area contributed by atoms with Gasteiger partial charge >= 0.3 is 0 Å². The highest BCUT2D eigenvalue weighted by atomic mass is 16.5. The summed E-state index contributed by atoms with van der Waals surface area (Å²) < 4.78 is 5.78. The summed E-state index contributed by atoms with van der Waals surface area (Å²) in [6.07, 6.45) is 11.1. The molecule has 0 aromatic carbocycles. The predicted molar refractivity (Wildman–Crippen MR) is 74.2 cm³/mol. The van der Waals surface area contributed by atoms with Crippen LogP contribution < -0.4 is 5.32 Å². The molecule has 0 unspecified atom stereocenters. The van der Waals surface area contributed by atoms with Gasteiger partial charge in [0.05, 0.1) is 6.61 Å². The molecule has 2 heteroatoms. The summed E-state index contributed by atoms with van der Waals surface area (Å²) in [5, 5.41) is 3.56. The topological polar surface area (TPSA) is 21.3 Å². The summed E-state index contributed by atoms with van der Waals surface area (Å²) in [5.41, 5.74) is 0.210. The first-order valence-electron chi connectivity index (χ1n) is 6.67. The molecule has 0 aromatic heterocycles. The molecule has 0 spiro atoms. The van der Waals surface area contributed by atoms with Crippen LogP contribution in [0.1, 0.15) is 40.5 Å². The molecule has 2 nitrogen and oxygen atoms in total. The minimum Gasteiger partial charge on any atom is -0.380 e. The minimum atomic E-state index is 0.0566. The number of hydrogen-bond donors (Lipinski definition) is 1. The molecule has 0 radical (unpaired) electrons. The van der Waals surface area contributed by atoms with Crippen LogP contribution in [0, 0.1) is 5.41 Å². The largest absolute Gasteiger partial charge is 0.380 e. The Hall–Kier alpha value is -0.600. The van der Waals surface area contributed by atoms with E-state index in [9.17, 15) is 0 Å². The highest BCUT2D eigenvalue weighted by Crippen LogP contribution is 2.26. The van der Waals surface area contributed by atoms with E-state index in [1.165, 1.54) is 6.42 Å². The molecular weight excluding hydrogens is 210 g/mol. The zero-order valence-electron chi connectivity index (χ0n) is 11.8. The molecule has 17 heavy (non-hydrogen) atoms. The van der Waals surface area contributed by atoms with Crippen LogP contribution in [0.5, 0.6) is 0 Å². The van der Waals surface area contributed by atoms with Gasteiger partial charge in [-0.3, -0.25) is 0 Å². The summed E-state index contributed by atoms with van der Waals surface area (Å²) in [7, 11) is 0. The number of unbranched alkanes of at least 4 members (excludes halogenated alkanes) is 1. The van der Waals surface area contributed by atoms with Gasteiger partial charge in [-0.15, -0.1) is 0 Å². The average molecular weight is 237 g/mol. The molecule has 0 amide bonds. The second-order valence-corrected chi connectivity index (χ2v) is 5.96. The first kappa shape index (κ1) is 14.5. The van der Waals surface area contributed by atoms with E-state index in [1.807, 2.05) is 0 Å². The number of nitrogens with one attached hydrogen (secondary N) is 1. The third-order valence-corrected chi connectivity index (χ3v) is 2.93. The van der Waals surface area contributed by atoms with Crippen molar-refractivity contribution in [3.8, 4) is 0 Å². The van der Waals surface area contributed by atoms with Crippen molar-refractivity contribution in [1.29, 1.82) is 0 Å². The Morgan fingerprint density at radius 2 is 1.82 bits per heavy atom. The number of ether oxygens (including phenoxy) is 1. The predicted octanol–water partition coefficient (Wildman–Crippen LogP) is 3.30. The normalized spacial score (nSPS) is 17.9. The Morgan fingerprint density at radius 3 is 2.35 bits per heavy atom. The second-order valence-electron chi connectivity index (χ2n) is 5.96. The van der Waals surface area contributed by atoms with E-state index in [-0.39, 0.29) is 11.0 Å². The van der Waals surface area contributed by atoms with Crippen molar-refractivity contribution in [3.63, 3.8) is 0 Å². The highest BCUT2D eigenvalue weighted by Gasteiger charge is 2.27. The van der Waals surface area contributed by atoms with Crippen molar-refractivity contribution in [2.24, 2.45) is 5.41 Å². The molecule has 0 saturated heterocycles. The van der Waals surface area contributed by atoms with Gasteiger partial charge in [0, 0.05) is 24.1 Å². The molecule has 98 valence electrons. The minimum absolute atomic E-state index is 0.0566. The smallest absolute Gasteiger partial charge is 0.0604 e. The molecular formula is C15H27NO. The van der Waals surface area contributed by atoms with Gasteiger partial charge in [-0.05, 0) is 27.2 Å². The molecule has 0 aliphatic heterocycles. The maximum Gasteiger partial charge on any atom is 0.0604 e. The standard InChI is InChI=1S/C15H27NO/c1-5-6-11-17-13-15(9-7-8-10-15)12-16-14(2,3)4/h7-10,16H,5-6,11-13H2,1-4H3. The molecule has 0 aromatic rings. The summed E-state index contributed by atoms with van der Waals surface area (Å²) >= 11 is 0. The summed E-state index contributed by atoms with van der Waals surface area (Å²) in [6.45, 7) is 11.4. The van der Waals surface area contributed by atoms with Gasteiger partial charge in [0.2, 0.25) is 0 Å². The van der Waals surface area contributed by atoms with Gasteiger partial charge in [0.1, 0.15) is 0 Å². The van der Waals surface area contributed by atoms with Gasteiger partial charge < -0.3 is 10.1 Å². The lowest BCUT2D eigenvalue weighted by atomic mass is 9.90. The zero-order chi connectivity index (χ0) is 12.8. The van der Waals surface area contributed by atoms with Crippen LogP contribution in [0.25, 0.3) is 0 Å². The van der Waals surface area contributed by atoms with Crippen LogP contribution in [0.3, 0.4) is 0 Å². The van der Waals surface area contributed by atoms with Crippen LogP contribution in [0.2, 0.25) is 0 Å². The van der Waals surface area contributed by atoms with Crippen LogP contribution >= 0.6 is 0 Å². The maximum absolute atomic E-state index is 5.78. The fraction of sp³-hybridized carbons (Fsp3) is 0.733. The molecule has 0 fully saturated rings. The Bertz CT molecular complexity index is 261. The maximum atomic E-state index is 5.78.